The number of methoxy groups -OCH3 is 1. The van der Waals surface area contributed by atoms with Crippen molar-refractivity contribution in [3.05, 3.63) is 96.1 Å². The Bertz CT molecular complexity index is 981. The summed E-state index contributed by atoms with van der Waals surface area (Å²) in [5, 5.41) is 0. The second kappa shape index (κ2) is 7.21. The smallest absolute Gasteiger partial charge is 0.119 e. The topological polar surface area (TPSA) is 12.5 Å². The summed E-state index contributed by atoms with van der Waals surface area (Å²) in [6.45, 7) is 0. The third-order valence-electron chi connectivity index (χ3n) is 4.40. The predicted molar refractivity (Wildman–Crippen MR) is 108 cm³/mol. The van der Waals surface area contributed by atoms with E-state index >= 15 is 0 Å². The van der Waals surface area contributed by atoms with Gasteiger partial charge < -0.3 is 9.64 Å². The average Bonchev–Trinajstić information content (AvgIpc) is 2.72. The zero-order valence-electron chi connectivity index (χ0n) is 14.6. The van der Waals surface area contributed by atoms with Crippen molar-refractivity contribution in [1.82, 2.24) is 0 Å². The molecular weight excluding hydrogens is 318 g/mol. The molecule has 2 nitrogen and oxygen atoms in total. The van der Waals surface area contributed by atoms with Gasteiger partial charge in [-0.2, -0.15) is 0 Å². The first-order valence-corrected chi connectivity index (χ1v) is 8.62. The van der Waals surface area contributed by atoms with Gasteiger partial charge in [-0.3, -0.25) is 0 Å². The van der Waals surface area contributed by atoms with E-state index < -0.39 is 0 Å². The second-order valence-electron chi connectivity index (χ2n) is 6.07. The van der Waals surface area contributed by atoms with Gasteiger partial charge >= 0.3 is 0 Å². The maximum atomic E-state index is 5.37. The van der Waals surface area contributed by atoms with Gasteiger partial charge in [0, 0.05) is 16.8 Å². The van der Waals surface area contributed by atoms with Crippen molar-refractivity contribution in [2.24, 2.45) is 0 Å². The van der Waals surface area contributed by atoms with Gasteiger partial charge in [0.25, 0.3) is 0 Å². The van der Waals surface area contributed by atoms with E-state index in [9.17, 15) is 0 Å². The second-order valence-corrected chi connectivity index (χ2v) is 6.07. The molecule has 26 heavy (non-hydrogen) atoms. The van der Waals surface area contributed by atoms with E-state index in [2.05, 4.69) is 65.3 Å². The number of benzene rings is 3. The Labute approximate surface area is 154 Å². The predicted octanol–water partition coefficient (Wildman–Crippen LogP) is 5.28. The molecule has 3 aromatic rings. The maximum Gasteiger partial charge on any atom is 0.119 e. The van der Waals surface area contributed by atoms with Crippen LogP contribution in [0.4, 0.5) is 11.4 Å². The standard InChI is InChI=1S/C24H19NO/c1-26-23-16-17-24-20(18-23)13-15-22(14-12-19-8-4-2-5-9-19)25(24)21-10-6-3-7-11-21/h2-11,13,15-18,22H,1H3. The van der Waals surface area contributed by atoms with Crippen LogP contribution < -0.4 is 9.64 Å². The van der Waals surface area contributed by atoms with Crippen LogP contribution in [-0.4, -0.2) is 13.2 Å². The van der Waals surface area contributed by atoms with Gasteiger partial charge in [-0.15, -0.1) is 0 Å². The van der Waals surface area contributed by atoms with Gasteiger partial charge in [-0.1, -0.05) is 54.3 Å². The number of hydrogen-bond donors (Lipinski definition) is 0. The molecule has 0 fully saturated rings. The summed E-state index contributed by atoms with van der Waals surface area (Å²) in [6, 6.07) is 26.6. The van der Waals surface area contributed by atoms with E-state index in [0.717, 1.165) is 28.3 Å². The molecule has 1 unspecified atom stereocenters. The van der Waals surface area contributed by atoms with Crippen LogP contribution in [0.25, 0.3) is 6.08 Å². The molecule has 1 aliphatic rings. The minimum absolute atomic E-state index is 0.0292. The summed E-state index contributed by atoms with van der Waals surface area (Å²) in [5.74, 6) is 7.57. The number of fused-ring (bicyclic) bond motifs is 1. The Morgan fingerprint density at radius 2 is 1.62 bits per heavy atom. The van der Waals surface area contributed by atoms with E-state index in [-0.39, 0.29) is 6.04 Å². The van der Waals surface area contributed by atoms with Gasteiger partial charge in [0.2, 0.25) is 0 Å². The summed E-state index contributed by atoms with van der Waals surface area (Å²) < 4.78 is 5.37. The molecule has 0 saturated heterocycles. The summed E-state index contributed by atoms with van der Waals surface area (Å²) in [6.07, 6.45) is 4.27. The molecular formula is C24H19NO. The minimum Gasteiger partial charge on any atom is -0.497 e. The molecule has 0 saturated carbocycles. The summed E-state index contributed by atoms with van der Waals surface area (Å²) in [7, 11) is 1.69. The van der Waals surface area contributed by atoms with Crippen molar-refractivity contribution in [3.63, 3.8) is 0 Å². The normalized spacial score (nSPS) is 15.0. The number of nitrogens with zero attached hydrogens (tertiary/aromatic N) is 1. The lowest BCUT2D eigenvalue weighted by Gasteiger charge is -2.33. The molecule has 1 heterocycles. The summed E-state index contributed by atoms with van der Waals surface area (Å²) in [4.78, 5) is 2.27. The molecule has 0 bridgehead atoms. The molecule has 0 aromatic heterocycles. The Morgan fingerprint density at radius 3 is 2.35 bits per heavy atom. The van der Waals surface area contributed by atoms with Gasteiger partial charge in [0.05, 0.1) is 12.8 Å². The van der Waals surface area contributed by atoms with E-state index in [1.807, 2.05) is 42.5 Å². The van der Waals surface area contributed by atoms with Gasteiger partial charge in [-0.25, -0.2) is 0 Å². The molecule has 126 valence electrons. The lowest BCUT2D eigenvalue weighted by atomic mass is 10.0. The van der Waals surface area contributed by atoms with Crippen molar-refractivity contribution < 1.29 is 4.74 Å². The van der Waals surface area contributed by atoms with Crippen LogP contribution in [0, 0.1) is 11.8 Å². The zero-order chi connectivity index (χ0) is 17.8. The van der Waals surface area contributed by atoms with Gasteiger partial charge in [-0.05, 0) is 48.5 Å². The van der Waals surface area contributed by atoms with Crippen LogP contribution in [0.15, 0.2) is 84.9 Å². The van der Waals surface area contributed by atoms with Crippen molar-refractivity contribution in [2.45, 2.75) is 6.04 Å². The minimum atomic E-state index is -0.0292. The van der Waals surface area contributed by atoms with Crippen LogP contribution in [-0.2, 0) is 0 Å². The average molecular weight is 337 g/mol. The first-order valence-electron chi connectivity index (χ1n) is 8.62. The van der Waals surface area contributed by atoms with E-state index in [4.69, 9.17) is 4.74 Å². The molecule has 0 N–H and O–H groups in total. The molecule has 1 aliphatic heterocycles. The van der Waals surface area contributed by atoms with Crippen LogP contribution in [0.1, 0.15) is 11.1 Å². The highest BCUT2D eigenvalue weighted by Crippen LogP contribution is 2.37. The molecule has 0 amide bonds. The van der Waals surface area contributed by atoms with Crippen molar-refractivity contribution in [2.75, 3.05) is 12.0 Å². The van der Waals surface area contributed by atoms with Crippen LogP contribution in [0.3, 0.4) is 0 Å². The lowest BCUT2D eigenvalue weighted by Crippen LogP contribution is -2.30. The van der Waals surface area contributed by atoms with Crippen LogP contribution in [0.5, 0.6) is 5.75 Å². The van der Waals surface area contributed by atoms with Crippen molar-refractivity contribution in [3.8, 4) is 17.6 Å². The van der Waals surface area contributed by atoms with E-state index in [1.165, 1.54) is 0 Å². The zero-order valence-corrected chi connectivity index (χ0v) is 14.6. The van der Waals surface area contributed by atoms with E-state index in [0.29, 0.717) is 0 Å². The highest BCUT2D eigenvalue weighted by molar-refractivity contribution is 5.80. The molecule has 0 aliphatic carbocycles. The van der Waals surface area contributed by atoms with Crippen LogP contribution in [0.2, 0.25) is 0 Å². The fourth-order valence-electron chi connectivity index (χ4n) is 3.12. The Kier molecular flexibility index (Phi) is 4.45. The number of anilines is 2. The number of ether oxygens (including phenoxy) is 1. The van der Waals surface area contributed by atoms with Crippen molar-refractivity contribution >= 4 is 17.5 Å². The largest absolute Gasteiger partial charge is 0.497 e. The SMILES string of the molecule is COc1ccc2c(c1)C=CC(C#Cc1ccccc1)N2c1ccccc1. The van der Waals surface area contributed by atoms with Gasteiger partial charge in [0.1, 0.15) is 11.8 Å². The molecule has 0 radical (unpaired) electrons. The highest BCUT2D eigenvalue weighted by atomic mass is 16.5. The first kappa shape index (κ1) is 16.1. The fraction of sp³-hybridized carbons (Fsp3) is 0.0833. The number of rotatable bonds is 2. The number of hydrogen-bond acceptors (Lipinski definition) is 2. The summed E-state index contributed by atoms with van der Waals surface area (Å²) >= 11 is 0. The first-order chi connectivity index (χ1) is 12.8. The molecule has 2 heteroatoms. The molecule has 4 rings (SSSR count). The van der Waals surface area contributed by atoms with Crippen LogP contribution >= 0.6 is 0 Å². The van der Waals surface area contributed by atoms with E-state index in [1.54, 1.807) is 7.11 Å². The lowest BCUT2D eigenvalue weighted by molar-refractivity contribution is 0.414. The summed E-state index contributed by atoms with van der Waals surface area (Å²) in [5.41, 5.74) is 4.41. The quantitative estimate of drug-likeness (QED) is 0.590. The van der Waals surface area contributed by atoms with Crippen molar-refractivity contribution in [1.29, 1.82) is 0 Å². The van der Waals surface area contributed by atoms with Gasteiger partial charge in [0.15, 0.2) is 0 Å². The molecule has 3 aromatic carbocycles. The third-order valence-corrected chi connectivity index (χ3v) is 4.40. The Balaban J connectivity index is 1.78. The highest BCUT2D eigenvalue weighted by Gasteiger charge is 2.22. The number of para-hydroxylation sites is 1. The monoisotopic (exact) mass is 337 g/mol. The maximum absolute atomic E-state index is 5.37. The Morgan fingerprint density at radius 1 is 0.885 bits per heavy atom. The molecule has 0 spiro atoms. The molecule has 1 atom stereocenters. The fourth-order valence-corrected chi connectivity index (χ4v) is 3.12. The Hall–Kier alpha value is -3.44. The third kappa shape index (κ3) is 3.20.